The number of nitrogens with two attached hydrogens (primary N) is 1. The SMILES string of the molecule is COc1cc(C(=O)NCCCC(C)CO)ccc1N. The van der Waals surface area contributed by atoms with Gasteiger partial charge in [-0.2, -0.15) is 0 Å². The molecular formula is C14H22N2O3. The fraction of sp³-hybridized carbons (Fsp3) is 0.500. The molecule has 5 nitrogen and oxygen atoms in total. The fourth-order valence-corrected chi connectivity index (χ4v) is 1.70. The van der Waals surface area contributed by atoms with E-state index in [1.165, 1.54) is 7.11 Å². The molecule has 5 heteroatoms. The Hall–Kier alpha value is -1.75. The summed E-state index contributed by atoms with van der Waals surface area (Å²) < 4.78 is 5.07. The Morgan fingerprint density at radius 1 is 1.53 bits per heavy atom. The normalized spacial score (nSPS) is 11.9. The summed E-state index contributed by atoms with van der Waals surface area (Å²) in [5.41, 5.74) is 6.73. The number of carbonyl (C=O) groups excluding carboxylic acids is 1. The number of hydrogen-bond acceptors (Lipinski definition) is 4. The first-order chi connectivity index (χ1) is 9.08. The summed E-state index contributed by atoms with van der Waals surface area (Å²) in [5.74, 6) is 0.630. The Morgan fingerprint density at radius 3 is 2.89 bits per heavy atom. The first-order valence-electron chi connectivity index (χ1n) is 6.41. The molecule has 0 aliphatic rings. The minimum atomic E-state index is -0.144. The van der Waals surface area contributed by atoms with Gasteiger partial charge in [0, 0.05) is 18.7 Å². The summed E-state index contributed by atoms with van der Waals surface area (Å²) in [6.07, 6.45) is 1.74. The van der Waals surface area contributed by atoms with Crippen molar-refractivity contribution in [2.24, 2.45) is 5.92 Å². The molecule has 0 saturated carbocycles. The number of ether oxygens (including phenoxy) is 1. The third kappa shape index (κ3) is 4.79. The van der Waals surface area contributed by atoms with Gasteiger partial charge < -0.3 is 20.9 Å². The molecule has 0 spiro atoms. The summed E-state index contributed by atoms with van der Waals surface area (Å²) in [4.78, 5) is 11.9. The highest BCUT2D eigenvalue weighted by molar-refractivity contribution is 5.95. The molecule has 0 aromatic heterocycles. The van der Waals surface area contributed by atoms with Crippen LogP contribution < -0.4 is 15.8 Å². The number of anilines is 1. The zero-order valence-corrected chi connectivity index (χ0v) is 11.5. The van der Waals surface area contributed by atoms with Gasteiger partial charge in [-0.05, 0) is 37.0 Å². The average Bonchev–Trinajstić information content (AvgIpc) is 2.43. The highest BCUT2D eigenvalue weighted by atomic mass is 16.5. The maximum atomic E-state index is 11.9. The maximum absolute atomic E-state index is 11.9. The van der Waals surface area contributed by atoms with Gasteiger partial charge in [0.15, 0.2) is 0 Å². The van der Waals surface area contributed by atoms with Gasteiger partial charge in [0.05, 0.1) is 12.8 Å². The predicted molar refractivity (Wildman–Crippen MR) is 75.2 cm³/mol. The molecule has 1 rings (SSSR count). The smallest absolute Gasteiger partial charge is 0.251 e. The minimum Gasteiger partial charge on any atom is -0.495 e. The van der Waals surface area contributed by atoms with Crippen LogP contribution in [0.5, 0.6) is 5.75 Å². The standard InChI is InChI=1S/C14H22N2O3/c1-10(9-17)4-3-7-16-14(18)11-5-6-12(15)13(8-11)19-2/h5-6,8,10,17H,3-4,7,9,15H2,1-2H3,(H,16,18). The molecular weight excluding hydrogens is 244 g/mol. The molecule has 1 unspecified atom stereocenters. The second-order valence-electron chi connectivity index (χ2n) is 4.64. The van der Waals surface area contributed by atoms with Gasteiger partial charge >= 0.3 is 0 Å². The van der Waals surface area contributed by atoms with E-state index < -0.39 is 0 Å². The second kappa shape index (κ2) is 7.63. The van der Waals surface area contributed by atoms with Gasteiger partial charge in [-0.25, -0.2) is 0 Å². The molecule has 4 N–H and O–H groups in total. The van der Waals surface area contributed by atoms with E-state index in [1.807, 2.05) is 6.92 Å². The number of benzene rings is 1. The van der Waals surface area contributed by atoms with Gasteiger partial charge in [-0.3, -0.25) is 4.79 Å². The van der Waals surface area contributed by atoms with E-state index in [9.17, 15) is 4.79 Å². The van der Waals surface area contributed by atoms with Gasteiger partial charge in [0.25, 0.3) is 5.91 Å². The lowest BCUT2D eigenvalue weighted by Gasteiger charge is -2.10. The van der Waals surface area contributed by atoms with Crippen LogP contribution in [0.3, 0.4) is 0 Å². The van der Waals surface area contributed by atoms with Crippen LogP contribution in [0.1, 0.15) is 30.1 Å². The minimum absolute atomic E-state index is 0.144. The van der Waals surface area contributed by atoms with E-state index in [0.717, 1.165) is 12.8 Å². The van der Waals surface area contributed by atoms with Crippen molar-refractivity contribution in [3.05, 3.63) is 23.8 Å². The van der Waals surface area contributed by atoms with Crippen LogP contribution in [-0.4, -0.2) is 31.3 Å². The van der Waals surface area contributed by atoms with Crippen molar-refractivity contribution < 1.29 is 14.6 Å². The van der Waals surface area contributed by atoms with Crippen LogP contribution >= 0.6 is 0 Å². The monoisotopic (exact) mass is 266 g/mol. The van der Waals surface area contributed by atoms with E-state index in [-0.39, 0.29) is 18.4 Å². The molecule has 19 heavy (non-hydrogen) atoms. The Labute approximate surface area is 113 Å². The molecule has 0 bridgehead atoms. The molecule has 0 fully saturated rings. The predicted octanol–water partition coefficient (Wildman–Crippen LogP) is 1.42. The van der Waals surface area contributed by atoms with Crippen molar-refractivity contribution >= 4 is 11.6 Å². The largest absolute Gasteiger partial charge is 0.495 e. The molecule has 0 aliphatic heterocycles. The van der Waals surface area contributed by atoms with Crippen molar-refractivity contribution in [3.63, 3.8) is 0 Å². The van der Waals surface area contributed by atoms with Crippen LogP contribution in [0.25, 0.3) is 0 Å². The zero-order valence-electron chi connectivity index (χ0n) is 11.5. The third-order valence-electron chi connectivity index (χ3n) is 2.97. The summed E-state index contributed by atoms with van der Waals surface area (Å²) in [6, 6.07) is 4.95. The first-order valence-corrected chi connectivity index (χ1v) is 6.41. The molecule has 0 radical (unpaired) electrons. The van der Waals surface area contributed by atoms with Crippen LogP contribution in [0, 0.1) is 5.92 Å². The molecule has 1 aromatic rings. The topological polar surface area (TPSA) is 84.6 Å². The summed E-state index contributed by atoms with van der Waals surface area (Å²) in [6.45, 7) is 2.76. The number of carbonyl (C=O) groups is 1. The van der Waals surface area contributed by atoms with Crippen molar-refractivity contribution in [3.8, 4) is 5.75 Å². The molecule has 0 heterocycles. The van der Waals surface area contributed by atoms with E-state index in [4.69, 9.17) is 15.6 Å². The lowest BCUT2D eigenvalue weighted by atomic mass is 10.1. The number of hydrogen-bond donors (Lipinski definition) is 3. The van der Waals surface area contributed by atoms with E-state index >= 15 is 0 Å². The summed E-state index contributed by atoms with van der Waals surface area (Å²) in [5, 5.41) is 11.7. The lowest BCUT2D eigenvalue weighted by Crippen LogP contribution is -2.25. The third-order valence-corrected chi connectivity index (χ3v) is 2.97. The van der Waals surface area contributed by atoms with Gasteiger partial charge in [-0.15, -0.1) is 0 Å². The van der Waals surface area contributed by atoms with E-state index in [2.05, 4.69) is 5.32 Å². The fourth-order valence-electron chi connectivity index (χ4n) is 1.70. The number of nitrogens with one attached hydrogen (secondary N) is 1. The lowest BCUT2D eigenvalue weighted by molar-refractivity contribution is 0.0952. The van der Waals surface area contributed by atoms with Crippen molar-refractivity contribution in [2.75, 3.05) is 26.0 Å². The second-order valence-corrected chi connectivity index (χ2v) is 4.64. The molecule has 1 atom stereocenters. The number of rotatable bonds is 7. The Bertz CT molecular complexity index is 421. The number of amides is 1. The van der Waals surface area contributed by atoms with Crippen LogP contribution in [0.2, 0.25) is 0 Å². The van der Waals surface area contributed by atoms with Crippen LogP contribution in [0.15, 0.2) is 18.2 Å². The van der Waals surface area contributed by atoms with Crippen molar-refractivity contribution in [1.82, 2.24) is 5.32 Å². The van der Waals surface area contributed by atoms with Crippen LogP contribution in [-0.2, 0) is 0 Å². The maximum Gasteiger partial charge on any atom is 0.251 e. The number of aliphatic hydroxyl groups is 1. The molecule has 1 aromatic carbocycles. The van der Waals surface area contributed by atoms with E-state index in [1.54, 1.807) is 18.2 Å². The van der Waals surface area contributed by atoms with Crippen molar-refractivity contribution in [2.45, 2.75) is 19.8 Å². The Kier molecular flexibility index (Phi) is 6.15. The number of nitrogen functional groups attached to an aromatic ring is 1. The van der Waals surface area contributed by atoms with Gasteiger partial charge in [-0.1, -0.05) is 6.92 Å². The Morgan fingerprint density at radius 2 is 2.26 bits per heavy atom. The number of aliphatic hydroxyl groups excluding tert-OH is 1. The first kappa shape index (κ1) is 15.3. The van der Waals surface area contributed by atoms with E-state index in [0.29, 0.717) is 23.5 Å². The zero-order chi connectivity index (χ0) is 14.3. The molecule has 0 aliphatic carbocycles. The Balaban J connectivity index is 2.45. The summed E-state index contributed by atoms with van der Waals surface area (Å²) in [7, 11) is 1.52. The molecule has 0 saturated heterocycles. The quantitative estimate of drug-likeness (QED) is 0.514. The average molecular weight is 266 g/mol. The number of methoxy groups -OCH3 is 1. The molecule has 106 valence electrons. The van der Waals surface area contributed by atoms with Crippen molar-refractivity contribution in [1.29, 1.82) is 0 Å². The van der Waals surface area contributed by atoms with Gasteiger partial charge in [0.1, 0.15) is 5.75 Å². The van der Waals surface area contributed by atoms with Crippen LogP contribution in [0.4, 0.5) is 5.69 Å². The molecule has 1 amide bonds. The van der Waals surface area contributed by atoms with Gasteiger partial charge in [0.2, 0.25) is 0 Å². The highest BCUT2D eigenvalue weighted by Crippen LogP contribution is 2.21. The summed E-state index contributed by atoms with van der Waals surface area (Å²) >= 11 is 0. The highest BCUT2D eigenvalue weighted by Gasteiger charge is 2.08.